The van der Waals surface area contributed by atoms with Crippen LogP contribution in [0, 0.1) is 11.8 Å². The van der Waals surface area contributed by atoms with E-state index in [1.807, 2.05) is 24.3 Å². The summed E-state index contributed by atoms with van der Waals surface area (Å²) < 4.78 is 5.80. The van der Waals surface area contributed by atoms with E-state index in [9.17, 15) is 0 Å². The molecule has 104 valence electrons. The van der Waals surface area contributed by atoms with Crippen molar-refractivity contribution in [1.82, 2.24) is 0 Å². The van der Waals surface area contributed by atoms with Gasteiger partial charge in [0.2, 0.25) is 0 Å². The van der Waals surface area contributed by atoms with Gasteiger partial charge in [0, 0.05) is 11.3 Å². The van der Waals surface area contributed by atoms with Crippen LogP contribution >= 0.6 is 11.3 Å². The van der Waals surface area contributed by atoms with Gasteiger partial charge in [-0.1, -0.05) is 30.9 Å². The molecule has 0 bridgehead atoms. The Hall–Kier alpha value is -1.76. The Morgan fingerprint density at radius 2 is 2.15 bits per heavy atom. The largest absolute Gasteiger partial charge is 0.488 e. The monoisotopic (exact) mass is 286 g/mol. The van der Waals surface area contributed by atoms with Crippen LogP contribution in [0.15, 0.2) is 36.4 Å². The zero-order valence-electron chi connectivity index (χ0n) is 11.6. The highest BCUT2D eigenvalue weighted by molar-refractivity contribution is 7.12. The van der Waals surface area contributed by atoms with Crippen LogP contribution in [0.1, 0.15) is 28.7 Å². The molecule has 2 aromatic rings. The fraction of sp³-hybridized carbons (Fsp3) is 0.294. The second-order valence-corrected chi connectivity index (χ2v) is 5.50. The van der Waals surface area contributed by atoms with Crippen molar-refractivity contribution < 1.29 is 9.84 Å². The molecule has 0 aliphatic carbocycles. The van der Waals surface area contributed by atoms with E-state index in [2.05, 4.69) is 30.9 Å². The zero-order valence-corrected chi connectivity index (χ0v) is 12.4. The third-order valence-electron chi connectivity index (χ3n) is 2.80. The standard InChI is InChI=1S/C17H18O2S/c1-2-14-6-5-7-15(12-14)19-13-17-10-9-16(20-17)8-3-4-11-18/h5-7,9-10,12,18H,2,4,11,13H2,1H3. The van der Waals surface area contributed by atoms with E-state index in [4.69, 9.17) is 9.84 Å². The van der Waals surface area contributed by atoms with Crippen molar-refractivity contribution in [3.63, 3.8) is 0 Å². The third-order valence-corrected chi connectivity index (χ3v) is 3.77. The summed E-state index contributed by atoms with van der Waals surface area (Å²) in [6.45, 7) is 2.82. The maximum Gasteiger partial charge on any atom is 0.122 e. The molecule has 0 saturated heterocycles. The lowest BCUT2D eigenvalue weighted by molar-refractivity contribution is 0.305. The van der Waals surface area contributed by atoms with Gasteiger partial charge < -0.3 is 9.84 Å². The smallest absolute Gasteiger partial charge is 0.122 e. The molecule has 0 aliphatic rings. The molecule has 20 heavy (non-hydrogen) atoms. The topological polar surface area (TPSA) is 29.5 Å². The van der Waals surface area contributed by atoms with Crippen LogP contribution in [0.25, 0.3) is 0 Å². The van der Waals surface area contributed by atoms with E-state index in [1.165, 1.54) is 5.56 Å². The molecule has 1 aromatic heterocycles. The predicted molar refractivity (Wildman–Crippen MR) is 83.1 cm³/mol. The van der Waals surface area contributed by atoms with E-state index in [0.29, 0.717) is 13.0 Å². The number of aryl methyl sites for hydroxylation is 1. The summed E-state index contributed by atoms with van der Waals surface area (Å²) in [6.07, 6.45) is 1.54. The summed E-state index contributed by atoms with van der Waals surface area (Å²) >= 11 is 1.63. The summed E-state index contributed by atoms with van der Waals surface area (Å²) in [5.74, 6) is 6.87. The molecule has 0 unspecified atom stereocenters. The quantitative estimate of drug-likeness (QED) is 0.851. The Morgan fingerprint density at radius 3 is 2.95 bits per heavy atom. The molecule has 2 rings (SSSR count). The van der Waals surface area contributed by atoms with Crippen LogP contribution in [0.5, 0.6) is 5.75 Å². The number of benzene rings is 1. The Bertz CT molecular complexity index is 605. The summed E-state index contributed by atoms with van der Waals surface area (Å²) in [4.78, 5) is 2.17. The molecule has 0 aliphatic heterocycles. The summed E-state index contributed by atoms with van der Waals surface area (Å²) in [5.41, 5.74) is 1.28. The second kappa shape index (κ2) is 7.74. The lowest BCUT2D eigenvalue weighted by atomic mass is 10.2. The van der Waals surface area contributed by atoms with Gasteiger partial charge in [-0.05, 0) is 36.2 Å². The minimum Gasteiger partial charge on any atom is -0.488 e. The molecule has 0 fully saturated rings. The number of aliphatic hydroxyl groups is 1. The van der Waals surface area contributed by atoms with Crippen LogP contribution in [0.4, 0.5) is 0 Å². The Balaban J connectivity index is 1.92. The van der Waals surface area contributed by atoms with Crippen molar-refractivity contribution in [1.29, 1.82) is 0 Å². The molecule has 0 saturated carbocycles. The van der Waals surface area contributed by atoms with Gasteiger partial charge in [0.15, 0.2) is 0 Å². The average molecular weight is 286 g/mol. The number of hydrogen-bond donors (Lipinski definition) is 1. The van der Waals surface area contributed by atoms with Crippen molar-refractivity contribution in [3.8, 4) is 17.6 Å². The molecule has 2 nitrogen and oxygen atoms in total. The van der Waals surface area contributed by atoms with Crippen LogP contribution in [-0.2, 0) is 13.0 Å². The maximum absolute atomic E-state index is 8.68. The summed E-state index contributed by atoms with van der Waals surface area (Å²) in [7, 11) is 0. The first kappa shape index (κ1) is 14.6. The number of aliphatic hydroxyl groups excluding tert-OH is 1. The molecular formula is C17H18O2S. The highest BCUT2D eigenvalue weighted by atomic mass is 32.1. The molecule has 0 amide bonds. The van der Waals surface area contributed by atoms with Crippen LogP contribution in [-0.4, -0.2) is 11.7 Å². The maximum atomic E-state index is 8.68. The van der Waals surface area contributed by atoms with Gasteiger partial charge in [0.25, 0.3) is 0 Å². The molecular weight excluding hydrogens is 268 g/mol. The Kier molecular flexibility index (Phi) is 5.67. The van der Waals surface area contributed by atoms with Crippen LogP contribution in [0.2, 0.25) is 0 Å². The van der Waals surface area contributed by atoms with E-state index >= 15 is 0 Å². The van der Waals surface area contributed by atoms with Crippen molar-refractivity contribution >= 4 is 11.3 Å². The number of thiophene rings is 1. The first-order valence-corrected chi connectivity index (χ1v) is 7.53. The van der Waals surface area contributed by atoms with Crippen molar-refractivity contribution in [3.05, 3.63) is 51.7 Å². The second-order valence-electron chi connectivity index (χ2n) is 4.33. The summed E-state index contributed by atoms with van der Waals surface area (Å²) in [6, 6.07) is 12.2. The SMILES string of the molecule is CCc1cccc(OCc2ccc(C#CCCO)s2)c1. The van der Waals surface area contributed by atoms with Crippen LogP contribution < -0.4 is 4.74 Å². The molecule has 1 N–H and O–H groups in total. The first-order chi connectivity index (χ1) is 9.81. The van der Waals surface area contributed by atoms with Gasteiger partial charge in [-0.15, -0.1) is 11.3 Å². The highest BCUT2D eigenvalue weighted by Crippen LogP contribution is 2.19. The predicted octanol–water partition coefficient (Wildman–Crippen LogP) is 3.62. The number of ether oxygens (including phenoxy) is 1. The average Bonchev–Trinajstić information content (AvgIpc) is 2.94. The van der Waals surface area contributed by atoms with Crippen molar-refractivity contribution in [2.24, 2.45) is 0 Å². The van der Waals surface area contributed by atoms with Gasteiger partial charge in [0.1, 0.15) is 12.4 Å². The van der Waals surface area contributed by atoms with E-state index in [-0.39, 0.29) is 6.61 Å². The first-order valence-electron chi connectivity index (χ1n) is 6.72. The minimum absolute atomic E-state index is 0.113. The highest BCUT2D eigenvalue weighted by Gasteiger charge is 2.00. The number of hydrogen-bond acceptors (Lipinski definition) is 3. The Morgan fingerprint density at radius 1 is 1.25 bits per heavy atom. The lowest BCUT2D eigenvalue weighted by Crippen LogP contribution is -1.93. The Labute approximate surface area is 124 Å². The van der Waals surface area contributed by atoms with Crippen molar-refractivity contribution in [2.75, 3.05) is 6.61 Å². The molecule has 3 heteroatoms. The molecule has 0 radical (unpaired) electrons. The molecule has 1 aromatic carbocycles. The lowest BCUT2D eigenvalue weighted by Gasteiger charge is -2.05. The summed E-state index contributed by atoms with van der Waals surface area (Å²) in [5, 5.41) is 8.68. The van der Waals surface area contributed by atoms with E-state index in [1.54, 1.807) is 11.3 Å². The normalized spacial score (nSPS) is 9.90. The molecule has 1 heterocycles. The molecule has 0 atom stereocenters. The van der Waals surface area contributed by atoms with Gasteiger partial charge in [0.05, 0.1) is 11.5 Å². The van der Waals surface area contributed by atoms with Crippen LogP contribution in [0.3, 0.4) is 0 Å². The van der Waals surface area contributed by atoms with E-state index in [0.717, 1.165) is 21.9 Å². The fourth-order valence-corrected chi connectivity index (χ4v) is 2.53. The zero-order chi connectivity index (χ0) is 14.2. The van der Waals surface area contributed by atoms with Gasteiger partial charge >= 0.3 is 0 Å². The van der Waals surface area contributed by atoms with Gasteiger partial charge in [-0.2, -0.15) is 0 Å². The van der Waals surface area contributed by atoms with Gasteiger partial charge in [-0.25, -0.2) is 0 Å². The van der Waals surface area contributed by atoms with Crippen molar-refractivity contribution in [2.45, 2.75) is 26.4 Å². The van der Waals surface area contributed by atoms with Gasteiger partial charge in [-0.3, -0.25) is 0 Å². The number of rotatable bonds is 5. The fourth-order valence-electron chi connectivity index (χ4n) is 1.74. The molecule has 0 spiro atoms. The van der Waals surface area contributed by atoms with E-state index < -0.39 is 0 Å². The minimum atomic E-state index is 0.113. The third kappa shape index (κ3) is 4.41.